The van der Waals surface area contributed by atoms with E-state index in [1.807, 2.05) is 0 Å². The van der Waals surface area contributed by atoms with Gasteiger partial charge in [0.2, 0.25) is 11.6 Å². The van der Waals surface area contributed by atoms with Crippen LogP contribution in [0.25, 0.3) is 0 Å². The molecule has 0 aromatic rings. The van der Waals surface area contributed by atoms with Gasteiger partial charge in [0.25, 0.3) is 0 Å². The van der Waals surface area contributed by atoms with Crippen molar-refractivity contribution < 1.29 is 19.8 Å². The van der Waals surface area contributed by atoms with E-state index in [4.69, 9.17) is 0 Å². The van der Waals surface area contributed by atoms with Gasteiger partial charge in [-0.15, -0.1) is 0 Å². The van der Waals surface area contributed by atoms with Crippen molar-refractivity contribution in [3.63, 3.8) is 0 Å². The molecule has 0 unspecified atom stereocenters. The minimum absolute atomic E-state index is 0.0650. The summed E-state index contributed by atoms with van der Waals surface area (Å²) < 4.78 is 0. The predicted molar refractivity (Wildman–Crippen MR) is 138 cm³/mol. The molecule has 0 radical (unpaired) electrons. The molecule has 33 heavy (non-hydrogen) atoms. The molecule has 4 nitrogen and oxygen atoms in total. The monoisotopic (exact) mass is 462 g/mol. The summed E-state index contributed by atoms with van der Waals surface area (Å²) in [6.45, 7) is 3.64. The lowest BCUT2D eigenvalue weighted by Gasteiger charge is -2.15. The highest BCUT2D eigenvalue weighted by atomic mass is 16.3. The molecule has 0 aromatic heterocycles. The van der Waals surface area contributed by atoms with E-state index in [9.17, 15) is 19.8 Å². The fraction of sp³-hybridized carbons (Fsp3) is 0.793. The molecule has 0 saturated carbocycles. The standard InChI is InChI=1S/C29H50O4/c1-3-4-5-6-7-8-9-10-11-12-13-14-15-16-17-18-19-20-21-22-23-25-28(32)26(30)24(2)27(31)29(25)33/h30,33H,3-23H2,1-2H3. The van der Waals surface area contributed by atoms with Crippen molar-refractivity contribution in [1.29, 1.82) is 0 Å². The second-order valence-corrected chi connectivity index (χ2v) is 9.93. The SMILES string of the molecule is CCCCCCCCCCCCCCCCCCCCCCC1=C(O)C(=O)C(C)=C(O)C1=O. The minimum Gasteiger partial charge on any atom is -0.504 e. The number of aliphatic hydroxyl groups is 2. The third-order valence-electron chi connectivity index (χ3n) is 6.97. The predicted octanol–water partition coefficient (Wildman–Crippen LogP) is 8.99. The third kappa shape index (κ3) is 12.5. The van der Waals surface area contributed by atoms with Crippen molar-refractivity contribution in [2.75, 3.05) is 0 Å². The van der Waals surface area contributed by atoms with Gasteiger partial charge in [0, 0.05) is 11.1 Å². The van der Waals surface area contributed by atoms with E-state index in [1.165, 1.54) is 116 Å². The lowest BCUT2D eigenvalue weighted by Crippen LogP contribution is -2.22. The summed E-state index contributed by atoms with van der Waals surface area (Å²) in [5, 5.41) is 19.7. The highest BCUT2D eigenvalue weighted by molar-refractivity contribution is 6.22. The van der Waals surface area contributed by atoms with E-state index in [-0.39, 0.29) is 11.1 Å². The Morgan fingerprint density at radius 2 is 0.818 bits per heavy atom. The Morgan fingerprint density at radius 1 is 0.485 bits per heavy atom. The van der Waals surface area contributed by atoms with Gasteiger partial charge in [-0.3, -0.25) is 9.59 Å². The quantitative estimate of drug-likeness (QED) is 0.132. The van der Waals surface area contributed by atoms with Gasteiger partial charge >= 0.3 is 0 Å². The van der Waals surface area contributed by atoms with Crippen LogP contribution in [-0.4, -0.2) is 21.8 Å². The van der Waals surface area contributed by atoms with Crippen LogP contribution in [0.2, 0.25) is 0 Å². The fourth-order valence-electron chi connectivity index (χ4n) is 4.63. The van der Waals surface area contributed by atoms with Gasteiger partial charge in [-0.25, -0.2) is 0 Å². The van der Waals surface area contributed by atoms with Crippen LogP contribution in [0.5, 0.6) is 0 Å². The second kappa shape index (κ2) is 18.8. The van der Waals surface area contributed by atoms with Crippen molar-refractivity contribution in [2.45, 2.75) is 149 Å². The van der Waals surface area contributed by atoms with Crippen LogP contribution in [0.4, 0.5) is 0 Å². The first-order chi connectivity index (χ1) is 16.0. The molecular weight excluding hydrogens is 412 g/mol. The summed E-state index contributed by atoms with van der Waals surface area (Å²) in [5.41, 5.74) is 0.00950. The molecule has 0 heterocycles. The van der Waals surface area contributed by atoms with Crippen molar-refractivity contribution in [3.8, 4) is 0 Å². The summed E-state index contributed by atoms with van der Waals surface area (Å²) in [6.07, 6.45) is 26.5. The summed E-state index contributed by atoms with van der Waals surface area (Å²) in [5.74, 6) is -2.22. The molecule has 0 atom stereocenters. The van der Waals surface area contributed by atoms with Crippen molar-refractivity contribution in [1.82, 2.24) is 0 Å². The van der Waals surface area contributed by atoms with Crippen LogP contribution in [-0.2, 0) is 9.59 Å². The lowest BCUT2D eigenvalue weighted by atomic mass is 9.91. The summed E-state index contributed by atoms with van der Waals surface area (Å²) in [7, 11) is 0. The Labute approximate surface area is 202 Å². The average Bonchev–Trinajstić information content (AvgIpc) is 2.82. The first-order valence-electron chi connectivity index (χ1n) is 13.9. The van der Waals surface area contributed by atoms with Crippen molar-refractivity contribution >= 4 is 11.6 Å². The molecule has 190 valence electrons. The maximum absolute atomic E-state index is 12.0. The summed E-state index contributed by atoms with van der Waals surface area (Å²) >= 11 is 0. The maximum Gasteiger partial charge on any atom is 0.227 e. The first kappa shape index (κ1) is 29.5. The molecule has 1 aliphatic rings. The highest BCUT2D eigenvalue weighted by Gasteiger charge is 2.31. The molecular formula is C29H50O4. The highest BCUT2D eigenvalue weighted by Crippen LogP contribution is 2.25. The van der Waals surface area contributed by atoms with Gasteiger partial charge in [0.1, 0.15) is 0 Å². The Balaban J connectivity index is 1.86. The van der Waals surface area contributed by atoms with Crippen molar-refractivity contribution in [3.05, 3.63) is 22.7 Å². The molecule has 0 fully saturated rings. The summed E-state index contributed by atoms with van der Waals surface area (Å²) in [6, 6.07) is 0. The molecule has 0 amide bonds. The van der Waals surface area contributed by atoms with Gasteiger partial charge in [-0.2, -0.15) is 0 Å². The van der Waals surface area contributed by atoms with Crippen LogP contribution < -0.4 is 0 Å². The van der Waals surface area contributed by atoms with Gasteiger partial charge in [-0.1, -0.05) is 129 Å². The van der Waals surface area contributed by atoms with Crippen molar-refractivity contribution in [2.24, 2.45) is 0 Å². The summed E-state index contributed by atoms with van der Waals surface area (Å²) in [4.78, 5) is 23.9. The Bertz CT molecular complexity index is 630. The largest absolute Gasteiger partial charge is 0.504 e. The maximum atomic E-state index is 12.0. The van der Waals surface area contributed by atoms with Crippen LogP contribution >= 0.6 is 0 Å². The number of carbonyl (C=O) groups excluding carboxylic acids is 2. The van der Waals surface area contributed by atoms with E-state index in [1.54, 1.807) is 0 Å². The number of carbonyl (C=O) groups is 2. The molecule has 0 saturated heterocycles. The zero-order valence-electron chi connectivity index (χ0n) is 21.6. The fourth-order valence-corrected chi connectivity index (χ4v) is 4.63. The van der Waals surface area contributed by atoms with Crippen LogP contribution in [0.1, 0.15) is 149 Å². The van der Waals surface area contributed by atoms with E-state index in [0.29, 0.717) is 6.42 Å². The average molecular weight is 463 g/mol. The van der Waals surface area contributed by atoms with Crippen LogP contribution in [0.3, 0.4) is 0 Å². The number of hydrogen-bond donors (Lipinski definition) is 2. The number of aliphatic hydroxyl groups excluding tert-OH is 2. The molecule has 0 aromatic carbocycles. The zero-order valence-corrected chi connectivity index (χ0v) is 21.6. The molecule has 1 aliphatic carbocycles. The number of Topliss-reactive ketones (excluding diaryl/α,β-unsaturated/α-hetero) is 2. The molecule has 0 aliphatic heterocycles. The number of hydrogen-bond acceptors (Lipinski definition) is 4. The van der Waals surface area contributed by atoms with E-state index in [0.717, 1.165) is 19.3 Å². The Morgan fingerprint density at radius 3 is 1.18 bits per heavy atom. The molecule has 0 spiro atoms. The van der Waals surface area contributed by atoms with E-state index < -0.39 is 23.1 Å². The van der Waals surface area contributed by atoms with Crippen LogP contribution in [0.15, 0.2) is 22.7 Å². The third-order valence-corrected chi connectivity index (χ3v) is 6.97. The van der Waals surface area contributed by atoms with Crippen LogP contribution in [0, 0.1) is 0 Å². The van der Waals surface area contributed by atoms with Gasteiger partial charge < -0.3 is 10.2 Å². The molecule has 2 N–H and O–H groups in total. The number of ketones is 2. The lowest BCUT2D eigenvalue weighted by molar-refractivity contribution is -0.120. The Hall–Kier alpha value is -1.58. The van der Waals surface area contributed by atoms with Gasteiger partial charge in [0.15, 0.2) is 11.5 Å². The van der Waals surface area contributed by atoms with Gasteiger partial charge in [0.05, 0.1) is 0 Å². The number of unbranched alkanes of at least 4 members (excludes halogenated alkanes) is 19. The van der Waals surface area contributed by atoms with Gasteiger partial charge in [-0.05, 0) is 19.8 Å². The second-order valence-electron chi connectivity index (χ2n) is 9.93. The first-order valence-corrected chi connectivity index (χ1v) is 13.9. The topological polar surface area (TPSA) is 74.6 Å². The molecule has 4 heteroatoms. The van der Waals surface area contributed by atoms with E-state index in [2.05, 4.69) is 6.92 Å². The normalized spacial score (nSPS) is 14.6. The molecule has 0 bridgehead atoms. The van der Waals surface area contributed by atoms with E-state index >= 15 is 0 Å². The smallest absolute Gasteiger partial charge is 0.227 e. The minimum atomic E-state index is -0.629. The zero-order chi connectivity index (χ0) is 24.3. The molecule has 1 rings (SSSR count). The number of rotatable bonds is 21. The number of allylic oxidation sites excluding steroid dienone is 2. The Kier molecular flexibility index (Phi) is 16.8.